The normalized spacial score (nSPS) is 15.9. The number of piperidine rings is 1. The van der Waals surface area contributed by atoms with E-state index in [-0.39, 0.29) is 17.6 Å². The average molecular weight is 394 g/mol. The third kappa shape index (κ3) is 4.51. The van der Waals surface area contributed by atoms with Crippen molar-refractivity contribution in [2.24, 2.45) is 5.92 Å². The van der Waals surface area contributed by atoms with E-state index in [2.05, 4.69) is 27.3 Å². The van der Waals surface area contributed by atoms with Crippen LogP contribution in [0.5, 0.6) is 0 Å². The van der Waals surface area contributed by atoms with Gasteiger partial charge in [0.1, 0.15) is 5.82 Å². The van der Waals surface area contributed by atoms with Gasteiger partial charge in [0.15, 0.2) is 0 Å². The summed E-state index contributed by atoms with van der Waals surface area (Å²) in [5.74, 6) is 0.330. The minimum Gasteiger partial charge on any atom is -0.361 e. The zero-order chi connectivity index (χ0) is 20.4. The van der Waals surface area contributed by atoms with E-state index in [0.29, 0.717) is 5.92 Å². The van der Waals surface area contributed by atoms with Crippen molar-refractivity contribution in [2.75, 3.05) is 18.4 Å². The first kappa shape index (κ1) is 19.6. The quantitative estimate of drug-likeness (QED) is 0.619. The number of aromatic amines is 1. The molecule has 1 aromatic heterocycles. The highest BCUT2D eigenvalue weighted by Crippen LogP contribution is 2.31. The summed E-state index contributed by atoms with van der Waals surface area (Å²) < 4.78 is 13.4. The van der Waals surface area contributed by atoms with Crippen LogP contribution in [0.1, 0.15) is 43.7 Å². The Morgan fingerprint density at radius 1 is 1.21 bits per heavy atom. The van der Waals surface area contributed by atoms with Gasteiger partial charge in [-0.05, 0) is 73.3 Å². The number of halogens is 1. The van der Waals surface area contributed by atoms with Crippen molar-refractivity contribution >= 4 is 22.5 Å². The lowest BCUT2D eigenvalue weighted by Gasteiger charge is -2.32. The van der Waals surface area contributed by atoms with Crippen molar-refractivity contribution in [3.05, 3.63) is 65.6 Å². The molecule has 2 aromatic carbocycles. The van der Waals surface area contributed by atoms with Crippen LogP contribution in [0.3, 0.4) is 0 Å². The molecule has 0 bridgehead atoms. The molecule has 0 aliphatic carbocycles. The van der Waals surface area contributed by atoms with Gasteiger partial charge < -0.3 is 10.3 Å². The second-order valence-corrected chi connectivity index (χ2v) is 8.32. The Bertz CT molecular complexity index is 1000. The summed E-state index contributed by atoms with van der Waals surface area (Å²) >= 11 is 0. The van der Waals surface area contributed by atoms with Crippen LogP contribution in [0.2, 0.25) is 0 Å². The van der Waals surface area contributed by atoms with E-state index in [1.54, 1.807) is 6.07 Å². The third-order valence-corrected chi connectivity index (χ3v) is 5.86. The van der Waals surface area contributed by atoms with Crippen molar-refractivity contribution in [2.45, 2.75) is 39.2 Å². The van der Waals surface area contributed by atoms with Crippen LogP contribution in [0.4, 0.5) is 10.1 Å². The third-order valence-electron chi connectivity index (χ3n) is 5.86. The molecule has 4 rings (SSSR count). The number of hydrogen-bond acceptors (Lipinski definition) is 2. The second-order valence-electron chi connectivity index (χ2n) is 8.32. The first-order valence-electron chi connectivity index (χ1n) is 10.4. The summed E-state index contributed by atoms with van der Waals surface area (Å²) in [7, 11) is 0. The fraction of sp³-hybridized carbons (Fsp3) is 0.375. The number of carbonyl (C=O) groups excluding carboxylic acids is 1. The van der Waals surface area contributed by atoms with Gasteiger partial charge in [0.05, 0.1) is 0 Å². The SMILES string of the molecule is CC(C)C(=O)Nc1cccc(C2CCN(Cc3c[nH]c4cc(F)ccc34)CC2)c1. The van der Waals surface area contributed by atoms with Crippen LogP contribution in [-0.2, 0) is 11.3 Å². The number of fused-ring (bicyclic) bond motifs is 1. The van der Waals surface area contributed by atoms with Crippen LogP contribution < -0.4 is 5.32 Å². The molecule has 3 aromatic rings. The molecule has 0 spiro atoms. The maximum Gasteiger partial charge on any atom is 0.226 e. The van der Waals surface area contributed by atoms with Gasteiger partial charge in [-0.2, -0.15) is 0 Å². The van der Waals surface area contributed by atoms with E-state index in [1.807, 2.05) is 38.2 Å². The number of amides is 1. The largest absolute Gasteiger partial charge is 0.361 e. The topological polar surface area (TPSA) is 48.1 Å². The molecule has 4 nitrogen and oxygen atoms in total. The van der Waals surface area contributed by atoms with Gasteiger partial charge >= 0.3 is 0 Å². The predicted octanol–water partition coefficient (Wildman–Crippen LogP) is 5.28. The zero-order valence-corrected chi connectivity index (χ0v) is 17.0. The summed E-state index contributed by atoms with van der Waals surface area (Å²) in [4.78, 5) is 17.6. The smallest absolute Gasteiger partial charge is 0.226 e. The lowest BCUT2D eigenvalue weighted by molar-refractivity contribution is -0.118. The van der Waals surface area contributed by atoms with E-state index >= 15 is 0 Å². The van der Waals surface area contributed by atoms with Gasteiger partial charge in [0.2, 0.25) is 5.91 Å². The summed E-state index contributed by atoms with van der Waals surface area (Å²) in [5, 5.41) is 4.10. The van der Waals surface area contributed by atoms with Crippen LogP contribution >= 0.6 is 0 Å². The minimum atomic E-state index is -0.210. The fourth-order valence-corrected chi connectivity index (χ4v) is 4.11. The van der Waals surface area contributed by atoms with Gasteiger partial charge in [0.25, 0.3) is 0 Å². The summed E-state index contributed by atoms with van der Waals surface area (Å²) in [6.45, 7) is 6.74. The Morgan fingerprint density at radius 3 is 2.76 bits per heavy atom. The Hall–Kier alpha value is -2.66. The lowest BCUT2D eigenvalue weighted by Crippen LogP contribution is -2.32. The molecule has 1 aliphatic rings. The number of benzene rings is 2. The Kier molecular flexibility index (Phi) is 5.67. The van der Waals surface area contributed by atoms with Gasteiger partial charge in [-0.25, -0.2) is 4.39 Å². The molecule has 2 heterocycles. The highest BCUT2D eigenvalue weighted by atomic mass is 19.1. The number of anilines is 1. The van der Waals surface area contributed by atoms with Gasteiger partial charge in [0, 0.05) is 35.2 Å². The number of H-pyrrole nitrogens is 1. The Labute approximate surface area is 171 Å². The molecule has 5 heteroatoms. The molecule has 0 saturated carbocycles. The van der Waals surface area contributed by atoms with E-state index in [0.717, 1.165) is 49.1 Å². The molecule has 1 aliphatic heterocycles. The number of nitrogens with zero attached hydrogens (tertiary/aromatic N) is 1. The highest BCUT2D eigenvalue weighted by Gasteiger charge is 2.22. The Balaban J connectivity index is 1.37. The van der Waals surface area contributed by atoms with E-state index in [1.165, 1.54) is 17.2 Å². The van der Waals surface area contributed by atoms with Gasteiger partial charge in [-0.15, -0.1) is 0 Å². The molecule has 0 unspecified atom stereocenters. The molecule has 1 saturated heterocycles. The lowest BCUT2D eigenvalue weighted by atomic mass is 9.89. The first-order chi connectivity index (χ1) is 14.0. The number of likely N-dealkylation sites (tertiary alicyclic amines) is 1. The van der Waals surface area contributed by atoms with Crippen molar-refractivity contribution < 1.29 is 9.18 Å². The molecular weight excluding hydrogens is 365 g/mol. The minimum absolute atomic E-state index is 0.0251. The molecule has 29 heavy (non-hydrogen) atoms. The molecule has 0 atom stereocenters. The van der Waals surface area contributed by atoms with E-state index < -0.39 is 0 Å². The van der Waals surface area contributed by atoms with Crippen molar-refractivity contribution in [3.8, 4) is 0 Å². The zero-order valence-electron chi connectivity index (χ0n) is 17.0. The predicted molar refractivity (Wildman–Crippen MR) is 115 cm³/mol. The number of hydrogen-bond donors (Lipinski definition) is 2. The van der Waals surface area contributed by atoms with Gasteiger partial charge in [-0.1, -0.05) is 26.0 Å². The van der Waals surface area contributed by atoms with Crippen LogP contribution in [0, 0.1) is 11.7 Å². The summed E-state index contributed by atoms with van der Waals surface area (Å²) in [6.07, 6.45) is 4.19. The first-order valence-corrected chi connectivity index (χ1v) is 10.4. The average Bonchev–Trinajstić information content (AvgIpc) is 3.10. The number of nitrogens with one attached hydrogen (secondary N) is 2. The summed E-state index contributed by atoms with van der Waals surface area (Å²) in [6, 6.07) is 13.2. The number of aromatic nitrogens is 1. The van der Waals surface area contributed by atoms with Crippen LogP contribution in [0.25, 0.3) is 10.9 Å². The number of rotatable bonds is 5. The maximum atomic E-state index is 13.4. The maximum absolute atomic E-state index is 13.4. The van der Waals surface area contributed by atoms with Crippen molar-refractivity contribution in [1.82, 2.24) is 9.88 Å². The fourth-order valence-electron chi connectivity index (χ4n) is 4.11. The number of carbonyl (C=O) groups is 1. The second kappa shape index (κ2) is 8.37. The Morgan fingerprint density at radius 2 is 2.00 bits per heavy atom. The molecular formula is C24H28FN3O. The standard InChI is InChI=1S/C24H28FN3O/c1-16(2)24(29)27-21-5-3-4-18(12-21)17-8-10-28(11-9-17)15-19-14-26-23-13-20(25)6-7-22(19)23/h3-7,12-14,16-17,26H,8-11,15H2,1-2H3,(H,27,29). The molecule has 1 amide bonds. The van der Waals surface area contributed by atoms with E-state index in [9.17, 15) is 9.18 Å². The van der Waals surface area contributed by atoms with Gasteiger partial charge in [-0.3, -0.25) is 9.69 Å². The van der Waals surface area contributed by atoms with Crippen molar-refractivity contribution in [3.63, 3.8) is 0 Å². The molecule has 1 fully saturated rings. The summed E-state index contributed by atoms with van der Waals surface area (Å²) in [5.41, 5.74) is 4.26. The molecule has 0 radical (unpaired) electrons. The highest BCUT2D eigenvalue weighted by molar-refractivity contribution is 5.92. The van der Waals surface area contributed by atoms with Crippen LogP contribution in [-0.4, -0.2) is 28.9 Å². The van der Waals surface area contributed by atoms with E-state index in [4.69, 9.17) is 0 Å². The van der Waals surface area contributed by atoms with Crippen LogP contribution in [0.15, 0.2) is 48.7 Å². The molecule has 152 valence electrons. The van der Waals surface area contributed by atoms with Crippen molar-refractivity contribution in [1.29, 1.82) is 0 Å². The monoisotopic (exact) mass is 393 g/mol. The molecule has 2 N–H and O–H groups in total.